The van der Waals surface area contributed by atoms with E-state index in [1.807, 2.05) is 73.2 Å². The molecular weight excluding hydrogens is 556 g/mol. The van der Waals surface area contributed by atoms with Gasteiger partial charge >= 0.3 is 0 Å². The second kappa shape index (κ2) is 16.2. The average Bonchev–Trinajstić information content (AvgIpc) is 2.92. The van der Waals surface area contributed by atoms with Crippen molar-refractivity contribution in [1.82, 2.24) is 10.0 Å². The maximum absolute atomic E-state index is 12.7. The fourth-order valence-corrected chi connectivity index (χ4v) is 4.76. The number of hydrogen-bond donors (Lipinski definition) is 4. The molecule has 0 aliphatic carbocycles. The van der Waals surface area contributed by atoms with E-state index in [0.717, 1.165) is 16.7 Å². The van der Waals surface area contributed by atoms with E-state index in [1.165, 1.54) is 6.07 Å². The van der Waals surface area contributed by atoms with Crippen LogP contribution in [0.15, 0.2) is 72.8 Å². The fourth-order valence-electron chi connectivity index (χ4n) is 3.76. The second-order valence-corrected chi connectivity index (χ2v) is 11.1. The highest BCUT2D eigenvalue weighted by Gasteiger charge is 2.20. The van der Waals surface area contributed by atoms with Gasteiger partial charge in [0.15, 0.2) is 0 Å². The van der Waals surface area contributed by atoms with Crippen molar-refractivity contribution in [2.75, 3.05) is 32.1 Å². The normalized spacial score (nSPS) is 11.9. The van der Waals surface area contributed by atoms with Crippen LogP contribution < -0.4 is 19.5 Å². The molecule has 1 amide bonds. The summed E-state index contributed by atoms with van der Waals surface area (Å²) in [5.41, 5.74) is 2.61. The number of benzene rings is 3. The highest BCUT2D eigenvalue weighted by atomic mass is 35.5. The van der Waals surface area contributed by atoms with E-state index >= 15 is 0 Å². The number of rotatable bonds is 15. The summed E-state index contributed by atoms with van der Waals surface area (Å²) in [7, 11) is -3.88. The van der Waals surface area contributed by atoms with Gasteiger partial charge in [0.1, 0.15) is 18.1 Å². The van der Waals surface area contributed by atoms with Crippen LogP contribution in [0.2, 0.25) is 0 Å². The van der Waals surface area contributed by atoms with E-state index < -0.39 is 22.0 Å². The molecule has 0 aromatic heterocycles. The summed E-state index contributed by atoms with van der Waals surface area (Å²) in [6, 6.07) is 21.9. The van der Waals surface area contributed by atoms with Crippen LogP contribution in [0.3, 0.4) is 0 Å². The number of aliphatic hydroxyl groups excluding tert-OH is 2. The Morgan fingerprint density at radius 3 is 2.30 bits per heavy atom. The van der Waals surface area contributed by atoms with Crippen LogP contribution in [-0.2, 0) is 10.0 Å². The first-order valence-electron chi connectivity index (χ1n) is 12.8. The second-order valence-electron chi connectivity index (χ2n) is 9.21. The van der Waals surface area contributed by atoms with E-state index in [0.29, 0.717) is 25.4 Å². The zero-order chi connectivity index (χ0) is 28.3. The molecule has 3 aromatic carbocycles. The van der Waals surface area contributed by atoms with Gasteiger partial charge in [0, 0.05) is 19.7 Å². The Kier molecular flexibility index (Phi) is 13.4. The number of halogens is 1. The van der Waals surface area contributed by atoms with E-state index in [2.05, 4.69) is 5.32 Å². The number of hydrogen-bond acceptors (Lipinski definition) is 8. The Morgan fingerprint density at radius 2 is 1.65 bits per heavy atom. The molecular formula is C29H37ClN2O7S. The lowest BCUT2D eigenvalue weighted by molar-refractivity contribution is 0.0975. The van der Waals surface area contributed by atoms with Crippen LogP contribution in [0.25, 0.3) is 11.1 Å². The topological polar surface area (TPSA) is 134 Å². The van der Waals surface area contributed by atoms with Gasteiger partial charge in [0.25, 0.3) is 5.91 Å². The van der Waals surface area contributed by atoms with Gasteiger partial charge < -0.3 is 25.0 Å². The molecule has 1 atom stereocenters. The third kappa shape index (κ3) is 10.4. The van der Waals surface area contributed by atoms with Crippen molar-refractivity contribution in [2.45, 2.75) is 32.5 Å². The Labute approximate surface area is 242 Å². The maximum atomic E-state index is 12.7. The van der Waals surface area contributed by atoms with Crippen molar-refractivity contribution in [2.24, 2.45) is 0 Å². The van der Waals surface area contributed by atoms with Gasteiger partial charge in [-0.15, -0.1) is 12.4 Å². The first-order valence-corrected chi connectivity index (χ1v) is 14.5. The fraction of sp³-hybridized carbons (Fsp3) is 0.345. The first kappa shape index (κ1) is 33.1. The molecule has 0 saturated heterocycles. The summed E-state index contributed by atoms with van der Waals surface area (Å²) < 4.78 is 37.9. The van der Waals surface area contributed by atoms with Crippen LogP contribution in [0.5, 0.6) is 11.5 Å². The number of carbonyl (C=O) groups excluding carboxylic acids is 1. The molecule has 3 aromatic rings. The van der Waals surface area contributed by atoms with Crippen LogP contribution in [0.1, 0.15) is 42.3 Å². The molecule has 0 aliphatic heterocycles. The largest absolute Gasteiger partial charge is 0.492 e. The van der Waals surface area contributed by atoms with E-state index in [-0.39, 0.29) is 48.6 Å². The lowest BCUT2D eigenvalue weighted by atomic mass is 10.0. The molecule has 3 rings (SSSR count). The molecule has 0 aliphatic rings. The summed E-state index contributed by atoms with van der Waals surface area (Å²) in [6.07, 6.45) is -0.788. The highest BCUT2D eigenvalue weighted by molar-refractivity contribution is 7.90. The SMILES string of the molecule is CC(C)Oc1cc(-c2ccc(OCCNC[C@@H](O)c3ccccc3)cc2)ccc1C(=O)NS(=O)(=O)CCCO.Cl. The van der Waals surface area contributed by atoms with E-state index in [9.17, 15) is 18.3 Å². The smallest absolute Gasteiger partial charge is 0.268 e. The van der Waals surface area contributed by atoms with Gasteiger partial charge in [-0.2, -0.15) is 0 Å². The molecule has 0 heterocycles. The number of sulfonamides is 1. The standard InChI is InChI=1S/C29H36N2O7S.ClH/c1-21(2)38-28-19-24(11-14-26(28)29(34)31-39(35,36)18-6-16-32)22-9-12-25(13-10-22)37-17-15-30-20-27(33)23-7-4-3-5-8-23;/h3-5,7-14,19,21,27,30,32-33H,6,15-18,20H2,1-2H3,(H,31,34);1H/t27-;/m1./s1. The van der Waals surface area contributed by atoms with Crippen LogP contribution in [0, 0.1) is 0 Å². The molecule has 0 spiro atoms. The Bertz CT molecular complexity index is 1300. The average molecular weight is 593 g/mol. The minimum Gasteiger partial charge on any atom is -0.492 e. The van der Waals surface area contributed by atoms with Crippen molar-refractivity contribution >= 4 is 28.3 Å². The minimum absolute atomic E-state index is 0. The summed E-state index contributed by atoms with van der Waals surface area (Å²) in [5.74, 6) is -0.189. The lowest BCUT2D eigenvalue weighted by Gasteiger charge is -2.16. The number of ether oxygens (including phenoxy) is 2. The summed E-state index contributed by atoms with van der Waals surface area (Å²) in [5, 5.41) is 22.3. The number of amides is 1. The third-order valence-corrected chi connectivity index (χ3v) is 6.99. The summed E-state index contributed by atoms with van der Waals surface area (Å²) >= 11 is 0. The number of nitrogens with one attached hydrogen (secondary N) is 2. The minimum atomic E-state index is -3.88. The molecule has 0 fully saturated rings. The summed E-state index contributed by atoms with van der Waals surface area (Å²) in [6.45, 7) is 4.77. The van der Waals surface area contributed by atoms with Gasteiger partial charge in [0.05, 0.1) is 23.5 Å². The molecule has 40 heavy (non-hydrogen) atoms. The molecule has 9 nitrogen and oxygen atoms in total. The van der Waals surface area contributed by atoms with Crippen LogP contribution in [0.4, 0.5) is 0 Å². The van der Waals surface area contributed by atoms with Gasteiger partial charge in [0.2, 0.25) is 10.0 Å². The Morgan fingerprint density at radius 1 is 0.975 bits per heavy atom. The Hall–Kier alpha value is -3.15. The van der Waals surface area contributed by atoms with Crippen molar-refractivity contribution in [3.8, 4) is 22.6 Å². The van der Waals surface area contributed by atoms with Crippen LogP contribution in [-0.4, -0.2) is 62.7 Å². The van der Waals surface area contributed by atoms with E-state index in [4.69, 9.17) is 14.6 Å². The molecule has 11 heteroatoms. The molecule has 0 unspecified atom stereocenters. The predicted octanol–water partition coefficient (Wildman–Crippen LogP) is 3.71. The lowest BCUT2D eigenvalue weighted by Crippen LogP contribution is -2.33. The molecule has 0 radical (unpaired) electrons. The monoisotopic (exact) mass is 592 g/mol. The van der Waals surface area contributed by atoms with Gasteiger partial charge in [-0.05, 0) is 61.2 Å². The van der Waals surface area contributed by atoms with Gasteiger partial charge in [-0.25, -0.2) is 13.1 Å². The highest BCUT2D eigenvalue weighted by Crippen LogP contribution is 2.29. The van der Waals surface area contributed by atoms with Gasteiger partial charge in [-0.3, -0.25) is 4.79 Å². The predicted molar refractivity (Wildman–Crippen MR) is 158 cm³/mol. The molecule has 0 bridgehead atoms. The molecule has 218 valence electrons. The number of aliphatic hydroxyl groups is 2. The number of carbonyl (C=O) groups is 1. The van der Waals surface area contributed by atoms with E-state index in [1.54, 1.807) is 12.1 Å². The molecule has 0 saturated carbocycles. The Balaban J connectivity index is 0.00000560. The van der Waals surface area contributed by atoms with Gasteiger partial charge in [-0.1, -0.05) is 48.5 Å². The zero-order valence-electron chi connectivity index (χ0n) is 22.6. The quantitative estimate of drug-likeness (QED) is 0.196. The van der Waals surface area contributed by atoms with Crippen molar-refractivity contribution in [3.63, 3.8) is 0 Å². The van der Waals surface area contributed by atoms with Crippen molar-refractivity contribution in [3.05, 3.63) is 83.9 Å². The maximum Gasteiger partial charge on any atom is 0.268 e. The van der Waals surface area contributed by atoms with Crippen molar-refractivity contribution in [1.29, 1.82) is 0 Å². The first-order chi connectivity index (χ1) is 18.7. The molecule has 4 N–H and O–H groups in total. The van der Waals surface area contributed by atoms with Crippen molar-refractivity contribution < 1.29 is 32.9 Å². The third-order valence-electron chi connectivity index (χ3n) is 5.67. The summed E-state index contributed by atoms with van der Waals surface area (Å²) in [4.78, 5) is 12.7. The zero-order valence-corrected chi connectivity index (χ0v) is 24.2. The van der Waals surface area contributed by atoms with Crippen LogP contribution >= 0.6 is 12.4 Å².